The standard InChI is InChI=1S/C22H20FN7O3/c1-5-13-17(26-21(31)20(13)23)11-33-22-15-9-18(32-4)16(24-2)8-14(15)12(10-25-22)6-7-19-27-29-30(3)28-19/h8-10,13,17,20H,5,11H2,1,3-4H3,(H,26,31)/t13-,17+,20-/m0/s1. The molecule has 3 aromatic rings. The molecule has 0 bridgehead atoms. The van der Waals surface area contributed by atoms with Gasteiger partial charge in [0.05, 0.1) is 32.3 Å². The minimum absolute atomic E-state index is 0.0498. The number of nitrogens with zero attached hydrogens (tertiary/aromatic N) is 6. The molecule has 168 valence electrons. The van der Waals surface area contributed by atoms with Crippen LogP contribution in [0, 0.1) is 24.3 Å². The van der Waals surface area contributed by atoms with E-state index in [2.05, 4.69) is 42.4 Å². The maximum absolute atomic E-state index is 14.1. The van der Waals surface area contributed by atoms with Crippen molar-refractivity contribution < 1.29 is 18.7 Å². The largest absolute Gasteiger partial charge is 0.508 e. The molecule has 1 aliphatic heterocycles. The number of fused-ring (bicyclic) bond motifs is 1. The molecule has 10 nitrogen and oxygen atoms in total. The summed E-state index contributed by atoms with van der Waals surface area (Å²) in [4.78, 5) is 20.9. The summed E-state index contributed by atoms with van der Waals surface area (Å²) < 4.78 is 25.4. The molecule has 1 saturated heterocycles. The first-order chi connectivity index (χ1) is 15.9. The fourth-order valence-corrected chi connectivity index (χ4v) is 3.75. The van der Waals surface area contributed by atoms with Gasteiger partial charge in [0.15, 0.2) is 6.17 Å². The monoisotopic (exact) mass is 449 g/mol. The molecule has 3 atom stereocenters. The van der Waals surface area contributed by atoms with Gasteiger partial charge in [0.1, 0.15) is 12.4 Å². The summed E-state index contributed by atoms with van der Waals surface area (Å²) in [6.07, 6.45) is 0.459. The van der Waals surface area contributed by atoms with Crippen LogP contribution in [0.25, 0.3) is 15.6 Å². The van der Waals surface area contributed by atoms with E-state index in [1.807, 2.05) is 6.92 Å². The third kappa shape index (κ3) is 4.26. The van der Waals surface area contributed by atoms with Crippen molar-refractivity contribution in [2.24, 2.45) is 13.0 Å². The average molecular weight is 449 g/mol. The Bertz CT molecular complexity index is 1320. The van der Waals surface area contributed by atoms with Crippen LogP contribution in [-0.4, -0.2) is 57.0 Å². The average Bonchev–Trinajstić information content (AvgIpc) is 3.36. The number of benzene rings is 1. The van der Waals surface area contributed by atoms with Gasteiger partial charge in [0.2, 0.25) is 17.4 Å². The molecule has 0 aliphatic carbocycles. The predicted molar refractivity (Wildman–Crippen MR) is 115 cm³/mol. The van der Waals surface area contributed by atoms with Crippen LogP contribution in [0.4, 0.5) is 10.1 Å². The topological polar surface area (TPSA) is 108 Å². The van der Waals surface area contributed by atoms with Gasteiger partial charge in [0.25, 0.3) is 5.91 Å². The number of rotatable bonds is 5. The Morgan fingerprint density at radius 1 is 1.33 bits per heavy atom. The lowest BCUT2D eigenvalue weighted by atomic mass is 9.97. The number of aryl methyl sites for hydroxylation is 1. The SMILES string of the molecule is [C-]#[N+]c1cc2c(C#Cc3nnn(C)n3)cnc(OC[C@H]3NC(=O)[C@@H](F)[C@H]3CC)c2cc1OC. The zero-order valence-corrected chi connectivity index (χ0v) is 18.2. The molecule has 0 unspecified atom stereocenters. The van der Waals surface area contributed by atoms with Crippen molar-refractivity contribution in [1.29, 1.82) is 0 Å². The van der Waals surface area contributed by atoms with E-state index in [9.17, 15) is 9.18 Å². The zero-order valence-electron chi connectivity index (χ0n) is 18.2. The summed E-state index contributed by atoms with van der Waals surface area (Å²) in [5.74, 6) is 5.54. The Morgan fingerprint density at radius 3 is 2.82 bits per heavy atom. The van der Waals surface area contributed by atoms with Gasteiger partial charge in [-0.1, -0.05) is 17.9 Å². The molecule has 1 N–H and O–H groups in total. The molecule has 11 heteroatoms. The van der Waals surface area contributed by atoms with Crippen molar-refractivity contribution in [1.82, 2.24) is 30.5 Å². The van der Waals surface area contributed by atoms with Gasteiger partial charge in [0, 0.05) is 17.5 Å². The van der Waals surface area contributed by atoms with E-state index in [-0.39, 0.29) is 18.3 Å². The Hall–Kier alpha value is -4.25. The van der Waals surface area contributed by atoms with Crippen LogP contribution in [-0.2, 0) is 11.8 Å². The van der Waals surface area contributed by atoms with E-state index >= 15 is 0 Å². The van der Waals surface area contributed by atoms with E-state index in [0.717, 1.165) is 0 Å². The van der Waals surface area contributed by atoms with Crippen LogP contribution in [0.5, 0.6) is 11.6 Å². The second kappa shape index (κ2) is 9.09. The third-order valence-electron chi connectivity index (χ3n) is 5.43. The number of hydrogen-bond acceptors (Lipinski definition) is 7. The minimum Gasteiger partial charge on any atom is -0.508 e. The molecule has 1 fully saturated rings. The molecule has 1 aliphatic rings. The maximum atomic E-state index is 14.1. The Morgan fingerprint density at radius 2 is 2.15 bits per heavy atom. The fourth-order valence-electron chi connectivity index (χ4n) is 3.75. The van der Waals surface area contributed by atoms with E-state index in [1.54, 1.807) is 19.2 Å². The first-order valence-electron chi connectivity index (χ1n) is 10.2. The summed E-state index contributed by atoms with van der Waals surface area (Å²) >= 11 is 0. The van der Waals surface area contributed by atoms with Gasteiger partial charge in [-0.15, -0.1) is 5.10 Å². The number of nitrogens with one attached hydrogen (secondary N) is 1. The molecule has 1 amide bonds. The van der Waals surface area contributed by atoms with E-state index in [0.29, 0.717) is 34.2 Å². The molecule has 0 radical (unpaired) electrons. The second-order valence-electron chi connectivity index (χ2n) is 7.41. The molecule has 4 rings (SSSR count). The highest BCUT2D eigenvalue weighted by Gasteiger charge is 2.41. The number of alkyl halides is 1. The molecule has 33 heavy (non-hydrogen) atoms. The number of amides is 1. The number of methoxy groups -OCH3 is 1. The summed E-state index contributed by atoms with van der Waals surface area (Å²) in [6, 6.07) is 2.83. The number of tetrazole rings is 1. The molecule has 2 aromatic heterocycles. The highest BCUT2D eigenvalue weighted by atomic mass is 19.1. The van der Waals surface area contributed by atoms with Crippen LogP contribution in [0.2, 0.25) is 0 Å². The Balaban J connectivity index is 1.72. The third-order valence-corrected chi connectivity index (χ3v) is 5.43. The van der Waals surface area contributed by atoms with Crippen LogP contribution >= 0.6 is 0 Å². The molecule has 0 saturated carbocycles. The highest BCUT2D eigenvalue weighted by Crippen LogP contribution is 2.37. The lowest BCUT2D eigenvalue weighted by Gasteiger charge is -2.19. The first-order valence-corrected chi connectivity index (χ1v) is 10.2. The van der Waals surface area contributed by atoms with Gasteiger partial charge in [-0.2, -0.15) is 4.80 Å². The molecule has 0 spiro atoms. The summed E-state index contributed by atoms with van der Waals surface area (Å²) in [5, 5.41) is 15.4. The smallest absolute Gasteiger partial charge is 0.255 e. The van der Waals surface area contributed by atoms with Gasteiger partial charge in [-0.3, -0.25) is 4.79 Å². The quantitative estimate of drug-likeness (QED) is 0.469. The van der Waals surface area contributed by atoms with Gasteiger partial charge < -0.3 is 14.8 Å². The number of carbonyl (C=O) groups excluding carboxylic acids is 1. The van der Waals surface area contributed by atoms with E-state index in [4.69, 9.17) is 16.0 Å². The molecule has 1 aromatic carbocycles. The lowest BCUT2D eigenvalue weighted by Crippen LogP contribution is -2.34. The van der Waals surface area contributed by atoms with E-state index in [1.165, 1.54) is 18.1 Å². The predicted octanol–water partition coefficient (Wildman–Crippen LogP) is 1.96. The lowest BCUT2D eigenvalue weighted by molar-refractivity contribution is -0.123. The summed E-state index contributed by atoms with van der Waals surface area (Å²) in [6.45, 7) is 9.33. The Labute approximate surface area is 188 Å². The number of ether oxygens (including phenoxy) is 2. The maximum Gasteiger partial charge on any atom is 0.255 e. The number of aromatic nitrogens is 5. The number of pyridine rings is 1. The number of carbonyl (C=O) groups is 1. The van der Waals surface area contributed by atoms with Crippen molar-refractivity contribution in [3.63, 3.8) is 0 Å². The van der Waals surface area contributed by atoms with E-state index < -0.39 is 24.0 Å². The summed E-state index contributed by atoms with van der Waals surface area (Å²) in [5.41, 5.74) is 0.832. The minimum atomic E-state index is -1.55. The van der Waals surface area contributed by atoms with Gasteiger partial charge in [-0.05, 0) is 35.1 Å². The second-order valence-corrected chi connectivity index (χ2v) is 7.41. The first kappa shape index (κ1) is 22.0. The zero-order chi connectivity index (χ0) is 23.5. The molecule has 3 heterocycles. The van der Waals surface area contributed by atoms with Crippen molar-refractivity contribution in [2.45, 2.75) is 25.6 Å². The normalized spacial score (nSPS) is 19.5. The van der Waals surface area contributed by atoms with Crippen LogP contribution in [0.3, 0.4) is 0 Å². The van der Waals surface area contributed by atoms with Crippen molar-refractivity contribution in [3.05, 3.63) is 41.1 Å². The van der Waals surface area contributed by atoms with Crippen molar-refractivity contribution in [2.75, 3.05) is 13.7 Å². The number of halogens is 1. The summed E-state index contributed by atoms with van der Waals surface area (Å²) in [7, 11) is 3.10. The van der Waals surface area contributed by atoms with Gasteiger partial charge >= 0.3 is 0 Å². The van der Waals surface area contributed by atoms with Crippen LogP contribution in [0.15, 0.2) is 18.3 Å². The molecular formula is C22H20FN7O3. The fraction of sp³-hybridized carbons (Fsp3) is 0.364. The van der Waals surface area contributed by atoms with Gasteiger partial charge in [-0.25, -0.2) is 14.2 Å². The van der Waals surface area contributed by atoms with Crippen molar-refractivity contribution in [3.8, 4) is 23.5 Å². The van der Waals surface area contributed by atoms with Crippen molar-refractivity contribution >= 4 is 22.4 Å². The Kier molecular flexibility index (Phi) is 6.05. The molecular weight excluding hydrogens is 429 g/mol. The van der Waals surface area contributed by atoms with Crippen LogP contribution < -0.4 is 14.8 Å². The highest BCUT2D eigenvalue weighted by molar-refractivity contribution is 5.96. The number of hydrogen-bond donors (Lipinski definition) is 1. The van der Waals surface area contributed by atoms with Crippen LogP contribution in [0.1, 0.15) is 24.7 Å².